The van der Waals surface area contributed by atoms with Crippen LogP contribution < -0.4 is 10.1 Å². The average molecular weight is 317 g/mol. The molecule has 0 aliphatic rings. The first-order valence-corrected chi connectivity index (χ1v) is 7.04. The lowest BCUT2D eigenvalue weighted by Crippen LogP contribution is -2.15. The number of aromatic nitrogens is 1. The zero-order valence-electron chi connectivity index (χ0n) is 11.0. The number of hydrogen-bond acceptors (Lipinski definition) is 4. The minimum absolute atomic E-state index is 0.628. The summed E-state index contributed by atoms with van der Waals surface area (Å²) in [7, 11) is 1.69. The van der Waals surface area contributed by atoms with Gasteiger partial charge in [-0.3, -0.25) is 0 Å². The van der Waals surface area contributed by atoms with Gasteiger partial charge in [-0.25, -0.2) is 4.98 Å². The second-order valence-electron chi connectivity index (χ2n) is 3.99. The van der Waals surface area contributed by atoms with E-state index < -0.39 is 0 Å². The third kappa shape index (κ3) is 5.80. The summed E-state index contributed by atoms with van der Waals surface area (Å²) in [6, 6.07) is 2.04. The third-order valence-electron chi connectivity index (χ3n) is 2.37. The lowest BCUT2D eigenvalue weighted by Gasteiger charge is -2.11. The highest BCUT2D eigenvalue weighted by molar-refractivity contribution is 9.10. The van der Waals surface area contributed by atoms with E-state index in [1.165, 1.54) is 0 Å². The molecule has 1 aromatic heterocycles. The predicted octanol–water partition coefficient (Wildman–Crippen LogP) is 2.76. The van der Waals surface area contributed by atoms with Crippen LogP contribution in [0.5, 0.6) is 5.88 Å². The number of nitrogens with one attached hydrogen (secondary N) is 1. The van der Waals surface area contributed by atoms with Gasteiger partial charge >= 0.3 is 0 Å². The molecule has 0 saturated heterocycles. The zero-order chi connectivity index (χ0) is 13.2. The van der Waals surface area contributed by atoms with Crippen molar-refractivity contribution in [1.82, 2.24) is 10.3 Å². The molecule has 0 radical (unpaired) electrons. The average Bonchev–Trinajstić information content (AvgIpc) is 2.37. The summed E-state index contributed by atoms with van der Waals surface area (Å²) in [6.07, 6.45) is 3.75. The number of rotatable bonds is 9. The SMILES string of the molecule is CCCNCc1cc(Br)cnc1OCCCOC. The third-order valence-corrected chi connectivity index (χ3v) is 2.80. The summed E-state index contributed by atoms with van der Waals surface area (Å²) in [6.45, 7) is 5.26. The van der Waals surface area contributed by atoms with E-state index in [0.717, 1.165) is 36.0 Å². The highest BCUT2D eigenvalue weighted by Gasteiger charge is 2.06. The molecule has 0 amide bonds. The van der Waals surface area contributed by atoms with E-state index >= 15 is 0 Å². The van der Waals surface area contributed by atoms with Gasteiger partial charge < -0.3 is 14.8 Å². The number of methoxy groups -OCH3 is 1. The predicted molar refractivity (Wildman–Crippen MR) is 75.9 cm³/mol. The lowest BCUT2D eigenvalue weighted by atomic mass is 10.2. The summed E-state index contributed by atoms with van der Waals surface area (Å²) < 4.78 is 11.6. The number of pyridine rings is 1. The highest BCUT2D eigenvalue weighted by atomic mass is 79.9. The Morgan fingerprint density at radius 1 is 1.39 bits per heavy atom. The first-order chi connectivity index (χ1) is 8.77. The van der Waals surface area contributed by atoms with Crippen molar-refractivity contribution in [1.29, 1.82) is 0 Å². The summed E-state index contributed by atoms with van der Waals surface area (Å²) >= 11 is 3.43. The van der Waals surface area contributed by atoms with E-state index in [2.05, 4.69) is 33.2 Å². The van der Waals surface area contributed by atoms with Crippen molar-refractivity contribution in [3.63, 3.8) is 0 Å². The van der Waals surface area contributed by atoms with Crippen molar-refractivity contribution in [3.05, 3.63) is 22.3 Å². The Morgan fingerprint density at radius 3 is 2.94 bits per heavy atom. The molecule has 0 bridgehead atoms. The van der Waals surface area contributed by atoms with Crippen molar-refractivity contribution < 1.29 is 9.47 Å². The van der Waals surface area contributed by atoms with Gasteiger partial charge in [-0.1, -0.05) is 6.92 Å². The van der Waals surface area contributed by atoms with Crippen molar-refractivity contribution >= 4 is 15.9 Å². The van der Waals surface area contributed by atoms with Crippen LogP contribution in [0.1, 0.15) is 25.3 Å². The largest absolute Gasteiger partial charge is 0.477 e. The van der Waals surface area contributed by atoms with E-state index in [4.69, 9.17) is 9.47 Å². The molecule has 4 nitrogen and oxygen atoms in total. The molecule has 0 atom stereocenters. The lowest BCUT2D eigenvalue weighted by molar-refractivity contribution is 0.170. The highest BCUT2D eigenvalue weighted by Crippen LogP contribution is 2.20. The number of halogens is 1. The maximum Gasteiger partial charge on any atom is 0.217 e. The Morgan fingerprint density at radius 2 is 2.22 bits per heavy atom. The second-order valence-corrected chi connectivity index (χ2v) is 4.91. The molecule has 0 fully saturated rings. The van der Waals surface area contributed by atoms with Crippen LogP contribution in [-0.4, -0.2) is 31.9 Å². The first-order valence-electron chi connectivity index (χ1n) is 6.24. The normalized spacial score (nSPS) is 10.6. The molecule has 0 aliphatic heterocycles. The molecule has 0 spiro atoms. The Hall–Kier alpha value is -0.650. The standard InChI is InChI=1S/C13H21BrN2O2/c1-3-5-15-9-11-8-12(14)10-16-13(11)18-7-4-6-17-2/h8,10,15H,3-7,9H2,1-2H3. The molecule has 0 unspecified atom stereocenters. The molecule has 1 aromatic rings. The van der Waals surface area contributed by atoms with Crippen molar-refractivity contribution in [2.24, 2.45) is 0 Å². The Kier molecular flexibility index (Phi) is 7.96. The van der Waals surface area contributed by atoms with Gasteiger partial charge in [-0.2, -0.15) is 0 Å². The topological polar surface area (TPSA) is 43.4 Å². The van der Waals surface area contributed by atoms with Gasteiger partial charge in [0.05, 0.1) is 6.61 Å². The number of ether oxygens (including phenoxy) is 2. The monoisotopic (exact) mass is 316 g/mol. The van der Waals surface area contributed by atoms with E-state index in [0.29, 0.717) is 19.1 Å². The van der Waals surface area contributed by atoms with Crippen molar-refractivity contribution in [3.8, 4) is 5.88 Å². The molecular weight excluding hydrogens is 296 g/mol. The summed E-state index contributed by atoms with van der Waals surface area (Å²) in [4.78, 5) is 4.30. The Balaban J connectivity index is 2.52. The van der Waals surface area contributed by atoms with Gasteiger partial charge in [0.25, 0.3) is 0 Å². The molecular formula is C13H21BrN2O2. The van der Waals surface area contributed by atoms with Crippen molar-refractivity contribution in [2.45, 2.75) is 26.3 Å². The maximum atomic E-state index is 5.67. The minimum atomic E-state index is 0.628. The van der Waals surface area contributed by atoms with Gasteiger partial charge in [-0.15, -0.1) is 0 Å². The number of nitrogens with zero attached hydrogens (tertiary/aromatic N) is 1. The molecule has 0 aliphatic carbocycles. The minimum Gasteiger partial charge on any atom is -0.477 e. The fourth-order valence-electron chi connectivity index (χ4n) is 1.50. The van der Waals surface area contributed by atoms with Crippen LogP contribution in [-0.2, 0) is 11.3 Å². The molecule has 1 rings (SSSR count). The van der Waals surface area contributed by atoms with Crippen molar-refractivity contribution in [2.75, 3.05) is 26.9 Å². The van der Waals surface area contributed by atoms with E-state index in [1.54, 1.807) is 13.3 Å². The summed E-state index contributed by atoms with van der Waals surface area (Å²) in [5.41, 5.74) is 1.08. The van der Waals surface area contributed by atoms with Crippen LogP contribution in [0.3, 0.4) is 0 Å². The van der Waals surface area contributed by atoms with E-state index in [9.17, 15) is 0 Å². The van der Waals surface area contributed by atoms with Crippen LogP contribution >= 0.6 is 15.9 Å². The quantitative estimate of drug-likeness (QED) is 0.711. The zero-order valence-corrected chi connectivity index (χ0v) is 12.6. The van der Waals surface area contributed by atoms with Gasteiger partial charge in [0.2, 0.25) is 5.88 Å². The number of hydrogen-bond donors (Lipinski definition) is 1. The van der Waals surface area contributed by atoms with Crippen LogP contribution in [0.4, 0.5) is 0 Å². The van der Waals surface area contributed by atoms with Gasteiger partial charge in [0, 0.05) is 42.9 Å². The molecule has 1 heterocycles. The van der Waals surface area contributed by atoms with Gasteiger partial charge in [0.1, 0.15) is 0 Å². The summed E-state index contributed by atoms with van der Waals surface area (Å²) in [5, 5.41) is 3.36. The fourth-order valence-corrected chi connectivity index (χ4v) is 1.88. The summed E-state index contributed by atoms with van der Waals surface area (Å²) in [5.74, 6) is 0.706. The first kappa shape index (κ1) is 15.4. The van der Waals surface area contributed by atoms with E-state index in [1.807, 2.05) is 6.07 Å². The van der Waals surface area contributed by atoms with Crippen LogP contribution in [0, 0.1) is 0 Å². The van der Waals surface area contributed by atoms with Crippen LogP contribution in [0.25, 0.3) is 0 Å². The molecule has 102 valence electrons. The molecule has 1 N–H and O–H groups in total. The maximum absolute atomic E-state index is 5.67. The molecule has 5 heteroatoms. The van der Waals surface area contributed by atoms with Gasteiger partial charge in [-0.05, 0) is 35.0 Å². The van der Waals surface area contributed by atoms with Gasteiger partial charge in [0.15, 0.2) is 0 Å². The fraction of sp³-hybridized carbons (Fsp3) is 0.615. The molecule has 18 heavy (non-hydrogen) atoms. The smallest absolute Gasteiger partial charge is 0.217 e. The molecule has 0 aromatic carbocycles. The van der Waals surface area contributed by atoms with E-state index in [-0.39, 0.29) is 0 Å². The Bertz CT molecular complexity index is 348. The van der Waals surface area contributed by atoms with Crippen LogP contribution in [0.2, 0.25) is 0 Å². The second kappa shape index (κ2) is 9.30. The molecule has 0 saturated carbocycles. The Labute approximate surface area is 117 Å². The van der Waals surface area contributed by atoms with Crippen LogP contribution in [0.15, 0.2) is 16.7 Å².